The minimum absolute atomic E-state index is 0.186. The van der Waals surface area contributed by atoms with Gasteiger partial charge in [0.1, 0.15) is 11.1 Å². The molecule has 2 fully saturated rings. The zero-order valence-corrected chi connectivity index (χ0v) is 15.0. The van der Waals surface area contributed by atoms with E-state index in [4.69, 9.17) is 4.74 Å². The second kappa shape index (κ2) is 7.87. The fraction of sp³-hybridized carbons (Fsp3) is 0.556. The second-order valence-electron chi connectivity index (χ2n) is 6.49. The van der Waals surface area contributed by atoms with E-state index in [-0.39, 0.29) is 29.7 Å². The van der Waals surface area contributed by atoms with Gasteiger partial charge in [0, 0.05) is 17.7 Å². The van der Waals surface area contributed by atoms with E-state index in [2.05, 4.69) is 10.3 Å². The Balaban J connectivity index is 1.69. The quantitative estimate of drug-likeness (QED) is 0.620. The molecule has 0 bridgehead atoms. The molecule has 1 aromatic rings. The summed E-state index contributed by atoms with van der Waals surface area (Å²) in [4.78, 5) is 28.9. The zero-order valence-electron chi connectivity index (χ0n) is 14.2. The van der Waals surface area contributed by atoms with Crippen molar-refractivity contribution in [1.82, 2.24) is 10.3 Å². The maximum atomic E-state index is 12.4. The lowest BCUT2D eigenvalue weighted by molar-refractivity contribution is -0.124. The highest BCUT2D eigenvalue weighted by molar-refractivity contribution is 7.98. The Kier molecular flexibility index (Phi) is 5.59. The number of esters is 1. The number of ether oxygens (including phenoxy) is 1. The number of carbonyl (C=O) groups excluding carboxylic acids is 2. The molecule has 0 spiro atoms. The van der Waals surface area contributed by atoms with Crippen LogP contribution in [0.2, 0.25) is 0 Å². The second-order valence-corrected chi connectivity index (χ2v) is 7.29. The van der Waals surface area contributed by atoms with Crippen LogP contribution in [-0.2, 0) is 9.53 Å². The van der Waals surface area contributed by atoms with Gasteiger partial charge in [-0.15, -0.1) is 11.8 Å². The summed E-state index contributed by atoms with van der Waals surface area (Å²) in [7, 11) is 0. The SMILES string of the molecule is CSc1nc(C2CC2)cc(C(=O)OCC(=O)NC2CCCC2)c1C#N. The minimum Gasteiger partial charge on any atom is -0.452 e. The lowest BCUT2D eigenvalue weighted by Crippen LogP contribution is -2.36. The van der Waals surface area contributed by atoms with E-state index in [1.807, 2.05) is 12.3 Å². The molecule has 2 saturated carbocycles. The van der Waals surface area contributed by atoms with E-state index in [1.54, 1.807) is 6.07 Å². The number of aromatic nitrogens is 1. The molecule has 132 valence electrons. The fourth-order valence-corrected chi connectivity index (χ4v) is 3.65. The van der Waals surface area contributed by atoms with Gasteiger partial charge in [0.2, 0.25) is 0 Å². The van der Waals surface area contributed by atoms with Gasteiger partial charge in [-0.3, -0.25) is 4.79 Å². The van der Waals surface area contributed by atoms with Gasteiger partial charge in [-0.1, -0.05) is 12.8 Å². The fourth-order valence-electron chi connectivity index (χ4n) is 3.09. The molecule has 0 unspecified atom stereocenters. The number of amides is 1. The molecule has 7 heteroatoms. The summed E-state index contributed by atoms with van der Waals surface area (Å²) in [5, 5.41) is 12.8. The number of hydrogen-bond donors (Lipinski definition) is 1. The number of pyridine rings is 1. The van der Waals surface area contributed by atoms with Crippen molar-refractivity contribution in [1.29, 1.82) is 5.26 Å². The van der Waals surface area contributed by atoms with Crippen LogP contribution >= 0.6 is 11.8 Å². The van der Waals surface area contributed by atoms with Crippen LogP contribution in [0.5, 0.6) is 0 Å². The number of nitriles is 1. The first kappa shape index (κ1) is 17.7. The van der Waals surface area contributed by atoms with Gasteiger partial charge in [0.05, 0.1) is 11.1 Å². The number of rotatable bonds is 6. The van der Waals surface area contributed by atoms with Crippen LogP contribution in [0, 0.1) is 11.3 Å². The summed E-state index contributed by atoms with van der Waals surface area (Å²) in [6, 6.07) is 3.88. The van der Waals surface area contributed by atoms with Gasteiger partial charge in [0.15, 0.2) is 6.61 Å². The van der Waals surface area contributed by atoms with Crippen LogP contribution in [0.3, 0.4) is 0 Å². The molecule has 0 atom stereocenters. The first-order chi connectivity index (χ1) is 12.1. The van der Waals surface area contributed by atoms with Gasteiger partial charge in [-0.05, 0) is 38.0 Å². The van der Waals surface area contributed by atoms with Crippen molar-refractivity contribution in [2.45, 2.75) is 55.5 Å². The van der Waals surface area contributed by atoms with E-state index in [1.165, 1.54) is 11.8 Å². The summed E-state index contributed by atoms with van der Waals surface area (Å²) in [6.07, 6.45) is 8.11. The van der Waals surface area contributed by atoms with E-state index in [0.717, 1.165) is 44.2 Å². The molecule has 25 heavy (non-hydrogen) atoms. The monoisotopic (exact) mass is 359 g/mol. The third-order valence-corrected chi connectivity index (χ3v) is 5.26. The van der Waals surface area contributed by atoms with Gasteiger partial charge in [-0.2, -0.15) is 5.26 Å². The Bertz CT molecular complexity index is 719. The molecule has 2 aliphatic rings. The molecule has 0 radical (unpaired) electrons. The average Bonchev–Trinajstić information content (AvgIpc) is 3.36. The summed E-state index contributed by atoms with van der Waals surface area (Å²) >= 11 is 1.34. The molecule has 1 N–H and O–H groups in total. The Hall–Kier alpha value is -2.07. The molecule has 3 rings (SSSR count). The Morgan fingerprint density at radius 2 is 2.08 bits per heavy atom. The average molecular weight is 359 g/mol. The molecular weight excluding hydrogens is 338 g/mol. The standard InChI is InChI=1S/C18H21N3O3S/c1-25-17-14(9-19)13(8-15(21-17)11-6-7-11)18(23)24-10-16(22)20-12-4-2-3-5-12/h8,11-12H,2-7,10H2,1H3,(H,20,22). The number of nitrogens with one attached hydrogen (secondary N) is 1. The first-order valence-electron chi connectivity index (χ1n) is 8.58. The lowest BCUT2D eigenvalue weighted by atomic mass is 10.1. The third-order valence-electron chi connectivity index (χ3n) is 4.58. The maximum Gasteiger partial charge on any atom is 0.340 e. The van der Waals surface area contributed by atoms with Crippen molar-refractivity contribution < 1.29 is 14.3 Å². The minimum atomic E-state index is -0.641. The predicted octanol–water partition coefficient (Wildman–Crippen LogP) is 2.77. The summed E-state index contributed by atoms with van der Waals surface area (Å²) in [5.74, 6) is -0.575. The van der Waals surface area contributed by atoms with E-state index >= 15 is 0 Å². The molecule has 2 aliphatic carbocycles. The van der Waals surface area contributed by atoms with E-state index in [0.29, 0.717) is 10.9 Å². The van der Waals surface area contributed by atoms with Crippen LogP contribution in [0.25, 0.3) is 0 Å². The normalized spacial score (nSPS) is 17.1. The van der Waals surface area contributed by atoms with Crippen molar-refractivity contribution in [3.05, 3.63) is 22.9 Å². The summed E-state index contributed by atoms with van der Waals surface area (Å²) in [5.41, 5.74) is 1.25. The zero-order chi connectivity index (χ0) is 17.8. The number of thioether (sulfide) groups is 1. The van der Waals surface area contributed by atoms with Crippen molar-refractivity contribution in [2.75, 3.05) is 12.9 Å². The van der Waals surface area contributed by atoms with Gasteiger partial charge in [0.25, 0.3) is 5.91 Å². The Morgan fingerprint density at radius 3 is 2.68 bits per heavy atom. The molecule has 6 nitrogen and oxygen atoms in total. The number of carbonyl (C=O) groups is 2. The van der Waals surface area contributed by atoms with Gasteiger partial charge >= 0.3 is 5.97 Å². The number of hydrogen-bond acceptors (Lipinski definition) is 6. The van der Waals surface area contributed by atoms with Gasteiger partial charge < -0.3 is 10.1 Å². The third kappa shape index (κ3) is 4.31. The molecule has 0 aliphatic heterocycles. The predicted molar refractivity (Wildman–Crippen MR) is 93.4 cm³/mol. The summed E-state index contributed by atoms with van der Waals surface area (Å²) in [6.45, 7) is -0.324. The Labute approximate surface area is 151 Å². The molecular formula is C18H21N3O3S. The topological polar surface area (TPSA) is 92.1 Å². The highest BCUT2D eigenvalue weighted by atomic mass is 32.2. The molecule has 1 aromatic heterocycles. The molecule has 0 aromatic carbocycles. The maximum absolute atomic E-state index is 12.4. The van der Waals surface area contributed by atoms with Crippen molar-refractivity contribution in [3.8, 4) is 6.07 Å². The highest BCUT2D eigenvalue weighted by Crippen LogP contribution is 2.40. The van der Waals surface area contributed by atoms with E-state index < -0.39 is 5.97 Å². The van der Waals surface area contributed by atoms with Crippen molar-refractivity contribution in [2.24, 2.45) is 0 Å². The van der Waals surface area contributed by atoms with Gasteiger partial charge in [-0.25, -0.2) is 9.78 Å². The van der Waals surface area contributed by atoms with Crippen LogP contribution in [0.1, 0.15) is 66.1 Å². The van der Waals surface area contributed by atoms with Crippen LogP contribution in [0.15, 0.2) is 11.1 Å². The smallest absolute Gasteiger partial charge is 0.340 e. The molecule has 1 amide bonds. The highest BCUT2D eigenvalue weighted by Gasteiger charge is 2.29. The van der Waals surface area contributed by atoms with Crippen molar-refractivity contribution in [3.63, 3.8) is 0 Å². The molecule has 1 heterocycles. The van der Waals surface area contributed by atoms with E-state index in [9.17, 15) is 14.9 Å². The Morgan fingerprint density at radius 1 is 1.36 bits per heavy atom. The van der Waals surface area contributed by atoms with Crippen molar-refractivity contribution >= 4 is 23.6 Å². The first-order valence-corrected chi connectivity index (χ1v) is 9.80. The largest absolute Gasteiger partial charge is 0.452 e. The van der Waals surface area contributed by atoms with Crippen LogP contribution in [0.4, 0.5) is 0 Å². The molecule has 0 saturated heterocycles. The van der Waals surface area contributed by atoms with Crippen LogP contribution in [-0.4, -0.2) is 35.8 Å². The van der Waals surface area contributed by atoms with Crippen LogP contribution < -0.4 is 5.32 Å². The summed E-state index contributed by atoms with van der Waals surface area (Å²) < 4.78 is 5.16. The number of nitrogens with zero attached hydrogens (tertiary/aromatic N) is 2. The lowest BCUT2D eigenvalue weighted by Gasteiger charge is -2.13.